The summed E-state index contributed by atoms with van der Waals surface area (Å²) in [4.78, 5) is 12.6. The lowest BCUT2D eigenvalue weighted by Crippen LogP contribution is -2.59. The van der Waals surface area contributed by atoms with Crippen LogP contribution >= 0.6 is 15.9 Å². The Labute approximate surface area is 160 Å². The highest BCUT2D eigenvalue weighted by atomic mass is 79.9. The molecular formula is C21H33BrO3. The number of fused-ring (bicyclic) bond motifs is 5. The Bertz CT molecular complexity index is 565. The van der Waals surface area contributed by atoms with Gasteiger partial charge in [-0.05, 0) is 86.9 Å². The molecule has 0 bridgehead atoms. The molecule has 0 radical (unpaired) electrons. The molecule has 4 heteroatoms. The molecule has 0 aromatic rings. The van der Waals surface area contributed by atoms with Crippen molar-refractivity contribution in [1.29, 1.82) is 0 Å². The highest BCUT2D eigenvalue weighted by molar-refractivity contribution is 9.09. The van der Waals surface area contributed by atoms with Crippen molar-refractivity contribution in [3.05, 3.63) is 0 Å². The maximum atomic E-state index is 12.6. The molecule has 0 aromatic carbocycles. The molecule has 4 saturated carbocycles. The number of hydrogen-bond donors (Lipinski definition) is 2. The third-order valence-electron chi connectivity index (χ3n) is 9.37. The number of rotatable bonds is 2. The Hall–Kier alpha value is 0.0700. The molecule has 0 aliphatic heterocycles. The summed E-state index contributed by atoms with van der Waals surface area (Å²) in [5.74, 6) is 2.47. The first kappa shape index (κ1) is 18.4. The second kappa shape index (κ2) is 6.04. The quantitative estimate of drug-likeness (QED) is 0.671. The molecular weight excluding hydrogens is 380 g/mol. The van der Waals surface area contributed by atoms with E-state index in [1.54, 1.807) is 0 Å². The van der Waals surface area contributed by atoms with Gasteiger partial charge in [0, 0.05) is 5.41 Å². The van der Waals surface area contributed by atoms with Crippen LogP contribution in [0.2, 0.25) is 0 Å². The highest BCUT2D eigenvalue weighted by Gasteiger charge is 2.66. The van der Waals surface area contributed by atoms with Gasteiger partial charge < -0.3 is 10.2 Å². The molecule has 0 spiro atoms. The van der Waals surface area contributed by atoms with Crippen molar-refractivity contribution in [3.8, 4) is 0 Å². The Morgan fingerprint density at radius 1 is 1.04 bits per heavy atom. The number of aliphatic hydroxyl groups excluding tert-OH is 1. The normalized spacial score (nSPS) is 55.2. The monoisotopic (exact) mass is 412 g/mol. The molecule has 4 fully saturated rings. The molecule has 3 nitrogen and oxygen atoms in total. The topological polar surface area (TPSA) is 57.5 Å². The van der Waals surface area contributed by atoms with Crippen LogP contribution in [0, 0.1) is 34.5 Å². The average molecular weight is 413 g/mol. The average Bonchev–Trinajstić information content (AvgIpc) is 2.87. The SMILES string of the molecule is C[C@]12CC[C@@H](O)C[C@H]1CC[C@@H]1[C@@H]2CC[C@@]2(C)[C@H]1CC[C@]2(O)C(=O)CBr. The van der Waals surface area contributed by atoms with Gasteiger partial charge >= 0.3 is 0 Å². The number of carbonyl (C=O) groups is 1. The third kappa shape index (κ3) is 2.39. The fraction of sp³-hybridized carbons (Fsp3) is 0.952. The van der Waals surface area contributed by atoms with Crippen LogP contribution in [-0.4, -0.2) is 33.0 Å². The van der Waals surface area contributed by atoms with Gasteiger partial charge in [-0.3, -0.25) is 4.79 Å². The van der Waals surface area contributed by atoms with E-state index in [2.05, 4.69) is 29.8 Å². The van der Waals surface area contributed by atoms with Crippen LogP contribution in [0.25, 0.3) is 0 Å². The predicted octanol–water partition coefficient (Wildman–Crippen LogP) is 4.09. The van der Waals surface area contributed by atoms with Gasteiger partial charge in [-0.25, -0.2) is 0 Å². The zero-order valence-electron chi connectivity index (χ0n) is 15.6. The summed E-state index contributed by atoms with van der Waals surface area (Å²) in [5.41, 5.74) is -1.04. The van der Waals surface area contributed by atoms with Crippen LogP contribution in [0.4, 0.5) is 0 Å². The molecule has 4 aliphatic rings. The van der Waals surface area contributed by atoms with Crippen molar-refractivity contribution in [3.63, 3.8) is 0 Å². The van der Waals surface area contributed by atoms with E-state index in [9.17, 15) is 15.0 Å². The number of ketones is 1. The molecule has 4 rings (SSSR count). The molecule has 142 valence electrons. The highest BCUT2D eigenvalue weighted by Crippen LogP contribution is 2.68. The second-order valence-corrected chi connectivity index (χ2v) is 10.6. The van der Waals surface area contributed by atoms with Gasteiger partial charge in [-0.15, -0.1) is 0 Å². The number of halogens is 1. The Kier molecular flexibility index (Phi) is 4.45. The largest absolute Gasteiger partial charge is 0.393 e. The first-order valence-electron chi connectivity index (χ1n) is 10.3. The summed E-state index contributed by atoms with van der Waals surface area (Å²) in [6.07, 6.45) is 9.15. The van der Waals surface area contributed by atoms with E-state index < -0.39 is 5.60 Å². The van der Waals surface area contributed by atoms with Crippen molar-refractivity contribution in [1.82, 2.24) is 0 Å². The van der Waals surface area contributed by atoms with Crippen molar-refractivity contribution in [2.24, 2.45) is 34.5 Å². The first-order valence-corrected chi connectivity index (χ1v) is 11.4. The summed E-state index contributed by atoms with van der Waals surface area (Å²) >= 11 is 3.30. The van der Waals surface area contributed by atoms with E-state index in [0.717, 1.165) is 38.5 Å². The van der Waals surface area contributed by atoms with E-state index in [1.165, 1.54) is 12.8 Å². The van der Waals surface area contributed by atoms with Gasteiger partial charge in [0.15, 0.2) is 5.78 Å². The van der Waals surface area contributed by atoms with Crippen LogP contribution in [0.5, 0.6) is 0 Å². The number of Topliss-reactive ketones (excluding diaryl/α,β-unsaturated/α-hetero) is 1. The summed E-state index contributed by atoms with van der Waals surface area (Å²) in [6.45, 7) is 4.67. The minimum atomic E-state index is -1.13. The van der Waals surface area contributed by atoms with Crippen LogP contribution in [0.1, 0.15) is 71.6 Å². The van der Waals surface area contributed by atoms with Gasteiger partial charge in [-0.1, -0.05) is 29.8 Å². The van der Waals surface area contributed by atoms with Gasteiger partial charge in [-0.2, -0.15) is 0 Å². The first-order chi connectivity index (χ1) is 11.8. The van der Waals surface area contributed by atoms with Crippen molar-refractivity contribution in [2.45, 2.75) is 83.3 Å². The lowest BCUT2D eigenvalue weighted by atomic mass is 9.44. The molecule has 4 aliphatic carbocycles. The second-order valence-electron chi connectivity index (χ2n) is 10.00. The fourth-order valence-corrected chi connectivity index (χ4v) is 8.28. The Morgan fingerprint density at radius 3 is 2.48 bits per heavy atom. The maximum Gasteiger partial charge on any atom is 0.175 e. The zero-order valence-corrected chi connectivity index (χ0v) is 17.2. The number of carbonyl (C=O) groups excluding carboxylic acids is 1. The summed E-state index contributed by atoms with van der Waals surface area (Å²) in [6, 6.07) is 0. The fourth-order valence-electron chi connectivity index (χ4n) is 7.82. The molecule has 0 heterocycles. The van der Waals surface area contributed by atoms with Crippen LogP contribution in [0.3, 0.4) is 0 Å². The Balaban J connectivity index is 1.63. The van der Waals surface area contributed by atoms with Crippen LogP contribution < -0.4 is 0 Å². The van der Waals surface area contributed by atoms with Crippen molar-refractivity contribution >= 4 is 21.7 Å². The van der Waals surface area contributed by atoms with E-state index in [1.807, 2.05) is 0 Å². The summed E-state index contributed by atoms with van der Waals surface area (Å²) in [5, 5.41) is 21.7. The van der Waals surface area contributed by atoms with Crippen molar-refractivity contribution < 1.29 is 15.0 Å². The number of aliphatic hydroxyl groups is 2. The Morgan fingerprint density at radius 2 is 1.76 bits per heavy atom. The number of alkyl halides is 1. The minimum Gasteiger partial charge on any atom is -0.393 e. The molecule has 8 atom stereocenters. The molecule has 25 heavy (non-hydrogen) atoms. The number of hydrogen-bond acceptors (Lipinski definition) is 3. The van der Waals surface area contributed by atoms with Crippen LogP contribution in [-0.2, 0) is 4.79 Å². The lowest BCUT2D eigenvalue weighted by Gasteiger charge is -2.61. The lowest BCUT2D eigenvalue weighted by molar-refractivity contribution is -0.170. The van der Waals surface area contributed by atoms with E-state index >= 15 is 0 Å². The minimum absolute atomic E-state index is 0.0170. The van der Waals surface area contributed by atoms with E-state index in [4.69, 9.17) is 0 Å². The molecule has 0 aromatic heterocycles. The zero-order chi connectivity index (χ0) is 18.0. The van der Waals surface area contributed by atoms with Gasteiger partial charge in [0.1, 0.15) is 5.60 Å². The third-order valence-corrected chi connectivity index (χ3v) is 9.88. The smallest absolute Gasteiger partial charge is 0.175 e. The molecule has 0 saturated heterocycles. The van der Waals surface area contributed by atoms with Gasteiger partial charge in [0.2, 0.25) is 0 Å². The molecule has 2 N–H and O–H groups in total. The van der Waals surface area contributed by atoms with E-state index in [-0.39, 0.29) is 22.6 Å². The van der Waals surface area contributed by atoms with Gasteiger partial charge in [0.05, 0.1) is 11.4 Å². The maximum absolute atomic E-state index is 12.6. The van der Waals surface area contributed by atoms with Crippen molar-refractivity contribution in [2.75, 3.05) is 5.33 Å². The van der Waals surface area contributed by atoms with E-state index in [0.29, 0.717) is 35.5 Å². The van der Waals surface area contributed by atoms with Gasteiger partial charge in [0.25, 0.3) is 0 Å². The summed E-state index contributed by atoms with van der Waals surface area (Å²) in [7, 11) is 0. The molecule has 0 amide bonds. The predicted molar refractivity (Wildman–Crippen MR) is 101 cm³/mol. The standard InChI is InChI=1S/C21H33BrO3/c1-19-8-5-14(23)11-13(19)3-4-15-16(19)6-9-20(2)17(15)7-10-21(20,25)18(24)12-22/h13-17,23,25H,3-12H2,1-2H3/t13-,14-,15-,16+,17+,19+,20+,21+/m1/s1. The summed E-state index contributed by atoms with van der Waals surface area (Å²) < 4.78 is 0. The molecule has 0 unspecified atom stereocenters. The van der Waals surface area contributed by atoms with Crippen LogP contribution in [0.15, 0.2) is 0 Å².